The number of aryl methyl sites for hydroxylation is 1. The molecule has 0 aliphatic carbocycles. The number of rotatable bonds is 6. The van der Waals surface area contributed by atoms with Gasteiger partial charge in [0.25, 0.3) is 0 Å². The predicted octanol–water partition coefficient (Wildman–Crippen LogP) is 3.35. The van der Waals surface area contributed by atoms with Crippen molar-refractivity contribution in [3.05, 3.63) is 34.7 Å². The van der Waals surface area contributed by atoms with Gasteiger partial charge in [-0.05, 0) is 25.5 Å². The molecule has 0 spiro atoms. The first-order valence-electron chi connectivity index (χ1n) is 10.9. The van der Waals surface area contributed by atoms with Crippen LogP contribution in [0.4, 0.5) is 24.8 Å². The number of nitrogens with one attached hydrogen (secondary N) is 1. The largest absolute Gasteiger partial charge is 0.407 e. The summed E-state index contributed by atoms with van der Waals surface area (Å²) in [5.41, 5.74) is 8.26. The van der Waals surface area contributed by atoms with Gasteiger partial charge in [-0.1, -0.05) is 11.6 Å². The minimum Gasteiger partial charge on any atom is -0.403 e. The molecule has 2 aliphatic heterocycles. The van der Waals surface area contributed by atoms with Crippen LogP contribution in [0, 0.1) is 6.92 Å². The topological polar surface area (TPSA) is 91.9 Å². The summed E-state index contributed by atoms with van der Waals surface area (Å²) in [7, 11) is 0. The van der Waals surface area contributed by atoms with Crippen molar-refractivity contribution in [2.45, 2.75) is 25.6 Å². The van der Waals surface area contributed by atoms with Gasteiger partial charge in [0, 0.05) is 50.2 Å². The zero-order valence-electron chi connectivity index (χ0n) is 19.0. The Labute approximate surface area is 200 Å². The SMILES string of the molecule is Cc1cc2cnc(N/C(C=NCC(F)(F)F)=C/N)nc2c(Cl)c1N1CCN(C2(C)COC2)CC1. The van der Waals surface area contributed by atoms with E-state index in [1.165, 1.54) is 0 Å². The van der Waals surface area contributed by atoms with Crippen LogP contribution in [-0.2, 0) is 4.74 Å². The molecular formula is C22H27ClF3N7O. The minimum atomic E-state index is -4.40. The Bertz CT molecular complexity index is 1110. The van der Waals surface area contributed by atoms with E-state index in [9.17, 15) is 13.2 Å². The molecule has 1 aromatic heterocycles. The van der Waals surface area contributed by atoms with Crippen LogP contribution in [0.1, 0.15) is 12.5 Å². The molecule has 2 aliphatic rings. The lowest BCUT2D eigenvalue weighted by molar-refractivity contribution is -0.131. The molecule has 0 radical (unpaired) electrons. The summed E-state index contributed by atoms with van der Waals surface area (Å²) >= 11 is 6.84. The number of benzene rings is 1. The van der Waals surface area contributed by atoms with Gasteiger partial charge in [0.2, 0.25) is 5.95 Å². The van der Waals surface area contributed by atoms with Crippen LogP contribution in [0.25, 0.3) is 10.9 Å². The maximum atomic E-state index is 12.3. The molecule has 0 saturated carbocycles. The molecule has 2 saturated heterocycles. The molecular weight excluding hydrogens is 471 g/mol. The minimum absolute atomic E-state index is 0.111. The molecule has 0 unspecified atom stereocenters. The molecule has 0 bridgehead atoms. The second kappa shape index (κ2) is 9.55. The van der Waals surface area contributed by atoms with Gasteiger partial charge in [-0.15, -0.1) is 0 Å². The molecule has 2 aromatic rings. The molecule has 3 heterocycles. The van der Waals surface area contributed by atoms with Crippen LogP contribution in [0.5, 0.6) is 0 Å². The fourth-order valence-corrected chi connectivity index (χ4v) is 4.67. The van der Waals surface area contributed by atoms with E-state index in [1.54, 1.807) is 6.20 Å². The Hall–Kier alpha value is -2.63. The number of alkyl halides is 3. The average molecular weight is 498 g/mol. The van der Waals surface area contributed by atoms with Crippen LogP contribution in [0.3, 0.4) is 0 Å². The molecule has 1 aromatic carbocycles. The number of hydrogen-bond acceptors (Lipinski definition) is 8. The summed E-state index contributed by atoms with van der Waals surface area (Å²) in [6, 6.07) is 1.98. The lowest BCUT2D eigenvalue weighted by atomic mass is 9.96. The number of halogens is 4. The van der Waals surface area contributed by atoms with Gasteiger partial charge < -0.3 is 20.7 Å². The zero-order chi connectivity index (χ0) is 24.5. The molecule has 4 rings (SSSR count). The summed E-state index contributed by atoms with van der Waals surface area (Å²) in [5, 5.41) is 4.06. The predicted molar refractivity (Wildman–Crippen MR) is 128 cm³/mol. The summed E-state index contributed by atoms with van der Waals surface area (Å²) in [4.78, 5) is 16.8. The average Bonchev–Trinajstić information content (AvgIpc) is 2.77. The van der Waals surface area contributed by atoms with E-state index >= 15 is 0 Å². The molecule has 184 valence electrons. The summed E-state index contributed by atoms with van der Waals surface area (Å²) < 4.78 is 42.4. The zero-order valence-corrected chi connectivity index (χ0v) is 19.7. The number of fused-ring (bicyclic) bond motifs is 1. The maximum Gasteiger partial charge on any atom is 0.407 e. The van der Waals surface area contributed by atoms with Crippen molar-refractivity contribution >= 4 is 40.4 Å². The second-order valence-corrected chi connectivity index (χ2v) is 9.16. The smallest absolute Gasteiger partial charge is 0.403 e. The fraction of sp³-hybridized carbons (Fsp3) is 0.500. The standard InChI is InChI=1S/C22H27ClF3N7O/c1-14-7-15-9-29-20(30-16(8-27)10-28-11-22(24,25)26)31-18(15)17(23)19(14)32-3-5-33(6-4-32)21(2)12-34-13-21/h7-10H,3-6,11-13,27H2,1-2H3,(H,29,30,31)/b16-8+,28-10?. The number of aromatic nitrogens is 2. The van der Waals surface area contributed by atoms with Crippen molar-refractivity contribution in [1.29, 1.82) is 0 Å². The van der Waals surface area contributed by atoms with Gasteiger partial charge >= 0.3 is 6.18 Å². The third-order valence-electron chi connectivity index (χ3n) is 6.10. The van der Waals surface area contributed by atoms with Crippen molar-refractivity contribution in [1.82, 2.24) is 14.9 Å². The first kappa shape index (κ1) is 24.5. The van der Waals surface area contributed by atoms with Crippen LogP contribution < -0.4 is 16.0 Å². The van der Waals surface area contributed by atoms with Crippen LogP contribution in [0.15, 0.2) is 29.2 Å². The van der Waals surface area contributed by atoms with Crippen LogP contribution in [-0.4, -0.2) is 78.7 Å². The highest BCUT2D eigenvalue weighted by atomic mass is 35.5. The Balaban J connectivity index is 1.54. The monoisotopic (exact) mass is 497 g/mol. The van der Waals surface area contributed by atoms with E-state index in [4.69, 9.17) is 22.1 Å². The van der Waals surface area contributed by atoms with Gasteiger partial charge in [-0.25, -0.2) is 9.97 Å². The molecule has 8 nitrogen and oxygen atoms in total. The van der Waals surface area contributed by atoms with Gasteiger partial charge in [0.1, 0.15) is 6.54 Å². The number of nitrogens with zero attached hydrogens (tertiary/aromatic N) is 5. The third-order valence-corrected chi connectivity index (χ3v) is 6.46. The lowest BCUT2D eigenvalue weighted by Crippen LogP contribution is -2.64. The number of hydrogen-bond donors (Lipinski definition) is 2. The van der Waals surface area contributed by atoms with E-state index in [0.717, 1.165) is 68.4 Å². The van der Waals surface area contributed by atoms with Crippen molar-refractivity contribution in [2.24, 2.45) is 10.7 Å². The summed E-state index contributed by atoms with van der Waals surface area (Å²) in [6.07, 6.45) is -0.685. The Morgan fingerprint density at radius 2 is 2.03 bits per heavy atom. The first-order valence-corrected chi connectivity index (χ1v) is 11.3. The molecule has 2 fully saturated rings. The van der Waals surface area contributed by atoms with E-state index in [1.807, 2.05) is 13.0 Å². The highest BCUT2D eigenvalue weighted by molar-refractivity contribution is 6.38. The van der Waals surface area contributed by atoms with Gasteiger partial charge in [-0.3, -0.25) is 9.89 Å². The summed E-state index contributed by atoms with van der Waals surface area (Å²) in [5.74, 6) is 0.155. The van der Waals surface area contributed by atoms with E-state index in [2.05, 4.69) is 37.0 Å². The van der Waals surface area contributed by atoms with Crippen molar-refractivity contribution in [3.63, 3.8) is 0 Å². The Kier molecular flexibility index (Phi) is 6.88. The molecule has 0 amide bonds. The Morgan fingerprint density at radius 1 is 1.32 bits per heavy atom. The van der Waals surface area contributed by atoms with E-state index in [0.29, 0.717) is 10.5 Å². The van der Waals surface area contributed by atoms with Gasteiger partial charge in [0.05, 0.1) is 40.7 Å². The number of allylic oxidation sites excluding steroid dienone is 1. The number of aliphatic imine (C=N–C) groups is 1. The van der Waals surface area contributed by atoms with Crippen molar-refractivity contribution in [3.8, 4) is 0 Å². The van der Waals surface area contributed by atoms with E-state index in [-0.39, 0.29) is 17.2 Å². The highest BCUT2D eigenvalue weighted by Gasteiger charge is 2.40. The molecule has 3 N–H and O–H groups in total. The Morgan fingerprint density at radius 3 is 2.62 bits per heavy atom. The van der Waals surface area contributed by atoms with E-state index < -0.39 is 12.7 Å². The molecule has 34 heavy (non-hydrogen) atoms. The van der Waals surface area contributed by atoms with Gasteiger partial charge in [-0.2, -0.15) is 13.2 Å². The maximum absolute atomic E-state index is 12.3. The number of anilines is 2. The molecule has 12 heteroatoms. The van der Waals surface area contributed by atoms with Crippen molar-refractivity contribution in [2.75, 3.05) is 56.2 Å². The number of nitrogens with two attached hydrogens (primary N) is 1. The fourth-order valence-electron chi connectivity index (χ4n) is 4.25. The van der Waals surface area contributed by atoms with Gasteiger partial charge in [0.15, 0.2) is 0 Å². The highest BCUT2D eigenvalue weighted by Crippen LogP contribution is 2.37. The first-order chi connectivity index (χ1) is 16.1. The third kappa shape index (κ3) is 5.21. The quantitative estimate of drug-likeness (QED) is 0.591. The number of ether oxygens (including phenoxy) is 1. The number of piperazine rings is 1. The molecule has 0 atom stereocenters. The van der Waals surface area contributed by atoms with Crippen LogP contribution in [0.2, 0.25) is 5.02 Å². The normalized spacial score (nSPS) is 19.6. The lowest BCUT2D eigenvalue weighted by Gasteiger charge is -2.50. The second-order valence-electron chi connectivity index (χ2n) is 8.78. The van der Waals surface area contributed by atoms with Crippen molar-refractivity contribution < 1.29 is 17.9 Å². The summed E-state index contributed by atoms with van der Waals surface area (Å²) in [6.45, 7) is 7.92. The van der Waals surface area contributed by atoms with Crippen LogP contribution >= 0.6 is 11.6 Å².